The van der Waals surface area contributed by atoms with Gasteiger partial charge in [0, 0.05) is 6.04 Å². The van der Waals surface area contributed by atoms with E-state index in [-0.39, 0.29) is 0 Å². The van der Waals surface area contributed by atoms with Gasteiger partial charge in [-0.15, -0.1) is 0 Å². The number of hydrogen-bond donors (Lipinski definition) is 1. The second-order valence-electron chi connectivity index (χ2n) is 6.48. The van der Waals surface area contributed by atoms with Gasteiger partial charge in [-0.2, -0.15) is 0 Å². The molecule has 0 saturated heterocycles. The van der Waals surface area contributed by atoms with Crippen LogP contribution in [0, 0.1) is 11.8 Å². The first kappa shape index (κ1) is 17.9. The molecule has 0 bridgehead atoms. The van der Waals surface area contributed by atoms with Gasteiger partial charge in [-0.3, -0.25) is 0 Å². The highest BCUT2D eigenvalue weighted by molar-refractivity contribution is 4.66. The average molecular weight is 256 g/mol. The van der Waals surface area contributed by atoms with Crippen LogP contribution >= 0.6 is 0 Å². The minimum absolute atomic E-state index is 0.706. The van der Waals surface area contributed by atoms with Crippen LogP contribution in [-0.2, 0) is 0 Å². The monoisotopic (exact) mass is 256 g/mol. The molecule has 0 aromatic carbocycles. The van der Waals surface area contributed by atoms with Crippen LogP contribution in [0.25, 0.3) is 0 Å². The number of nitrogens with zero attached hydrogens (tertiary/aromatic N) is 1. The molecule has 0 aliphatic rings. The Balaban J connectivity index is 3.30. The van der Waals surface area contributed by atoms with Crippen molar-refractivity contribution >= 4 is 0 Å². The van der Waals surface area contributed by atoms with Crippen molar-refractivity contribution in [3.63, 3.8) is 0 Å². The second-order valence-corrected chi connectivity index (χ2v) is 6.48. The predicted molar refractivity (Wildman–Crippen MR) is 83.1 cm³/mol. The van der Waals surface area contributed by atoms with Gasteiger partial charge in [-0.25, -0.2) is 0 Å². The van der Waals surface area contributed by atoms with Crippen LogP contribution in [-0.4, -0.2) is 37.6 Å². The van der Waals surface area contributed by atoms with E-state index in [1.54, 1.807) is 0 Å². The van der Waals surface area contributed by atoms with Crippen LogP contribution in [0.1, 0.15) is 60.3 Å². The topological polar surface area (TPSA) is 15.3 Å². The van der Waals surface area contributed by atoms with Gasteiger partial charge in [-0.1, -0.05) is 40.5 Å². The highest BCUT2D eigenvalue weighted by atomic mass is 15.1. The third kappa shape index (κ3) is 9.90. The minimum atomic E-state index is 0.706. The molecule has 1 unspecified atom stereocenters. The summed E-state index contributed by atoms with van der Waals surface area (Å²) in [5, 5.41) is 3.51. The number of nitrogens with one attached hydrogen (secondary N) is 1. The summed E-state index contributed by atoms with van der Waals surface area (Å²) in [5.74, 6) is 1.53. The summed E-state index contributed by atoms with van der Waals surface area (Å²) in [5.41, 5.74) is 0. The van der Waals surface area contributed by atoms with E-state index in [2.05, 4.69) is 51.9 Å². The van der Waals surface area contributed by atoms with Crippen molar-refractivity contribution in [3.05, 3.63) is 0 Å². The van der Waals surface area contributed by atoms with Crippen molar-refractivity contribution in [3.8, 4) is 0 Å². The molecule has 0 saturated carbocycles. The zero-order valence-electron chi connectivity index (χ0n) is 13.6. The quantitative estimate of drug-likeness (QED) is 0.566. The molecule has 1 atom stereocenters. The van der Waals surface area contributed by atoms with Crippen molar-refractivity contribution in [1.82, 2.24) is 10.2 Å². The van der Waals surface area contributed by atoms with Gasteiger partial charge >= 0.3 is 0 Å². The summed E-state index contributed by atoms with van der Waals surface area (Å²) in [6.07, 6.45) is 5.42. The normalized spacial score (nSPS) is 13.8. The van der Waals surface area contributed by atoms with Crippen LogP contribution < -0.4 is 5.32 Å². The van der Waals surface area contributed by atoms with Crippen molar-refractivity contribution < 1.29 is 0 Å². The Hall–Kier alpha value is -0.0800. The maximum atomic E-state index is 3.51. The fraction of sp³-hybridized carbons (Fsp3) is 1.00. The molecule has 2 nitrogen and oxygen atoms in total. The zero-order chi connectivity index (χ0) is 14.0. The lowest BCUT2D eigenvalue weighted by Gasteiger charge is -2.27. The Labute approximate surface area is 116 Å². The Morgan fingerprint density at radius 3 is 2.06 bits per heavy atom. The van der Waals surface area contributed by atoms with Gasteiger partial charge < -0.3 is 10.2 Å². The maximum absolute atomic E-state index is 3.51. The van der Waals surface area contributed by atoms with E-state index >= 15 is 0 Å². The lowest BCUT2D eigenvalue weighted by Crippen LogP contribution is -2.33. The molecule has 0 aromatic heterocycles. The molecule has 0 aliphatic carbocycles. The maximum Gasteiger partial charge on any atom is 0.00868 e. The van der Waals surface area contributed by atoms with Crippen LogP contribution in [0.3, 0.4) is 0 Å². The minimum Gasteiger partial charge on any atom is -0.316 e. The smallest absolute Gasteiger partial charge is 0.00868 e. The summed E-state index contributed by atoms with van der Waals surface area (Å²) in [6.45, 7) is 15.1. The number of hydrogen-bond acceptors (Lipinski definition) is 2. The van der Waals surface area contributed by atoms with Gasteiger partial charge in [0.2, 0.25) is 0 Å². The summed E-state index contributed by atoms with van der Waals surface area (Å²) >= 11 is 0. The fourth-order valence-corrected chi connectivity index (χ4v) is 2.07. The van der Waals surface area contributed by atoms with Crippen molar-refractivity contribution in [2.45, 2.75) is 66.3 Å². The largest absolute Gasteiger partial charge is 0.316 e. The molecule has 1 N–H and O–H groups in total. The van der Waals surface area contributed by atoms with E-state index < -0.39 is 0 Å². The summed E-state index contributed by atoms with van der Waals surface area (Å²) in [4.78, 5) is 2.50. The highest BCUT2D eigenvalue weighted by Crippen LogP contribution is 2.09. The second kappa shape index (κ2) is 10.8. The summed E-state index contributed by atoms with van der Waals surface area (Å²) < 4.78 is 0. The molecule has 0 radical (unpaired) electrons. The molecular formula is C16H36N2. The number of rotatable bonds is 11. The Morgan fingerprint density at radius 1 is 0.889 bits per heavy atom. The molecule has 18 heavy (non-hydrogen) atoms. The standard InChI is InChI=1S/C16H36N2/c1-14(2)13-17-11-9-7-8-10-12-18(6)16(5)15(3)4/h14-17H,7-13H2,1-6H3. The molecule has 0 heterocycles. The number of unbranched alkanes of at least 4 members (excludes halogenated alkanes) is 3. The molecule has 110 valence electrons. The highest BCUT2D eigenvalue weighted by Gasteiger charge is 2.11. The van der Waals surface area contributed by atoms with Crippen LogP contribution in [0.15, 0.2) is 0 Å². The third-order valence-electron chi connectivity index (χ3n) is 3.83. The first-order chi connectivity index (χ1) is 8.45. The van der Waals surface area contributed by atoms with Gasteiger partial charge in [0.25, 0.3) is 0 Å². The van der Waals surface area contributed by atoms with E-state index in [0.717, 1.165) is 18.4 Å². The molecule has 0 rings (SSSR count). The third-order valence-corrected chi connectivity index (χ3v) is 3.83. The van der Waals surface area contributed by atoms with Crippen molar-refractivity contribution in [1.29, 1.82) is 0 Å². The first-order valence-electron chi connectivity index (χ1n) is 7.86. The van der Waals surface area contributed by atoms with Crippen molar-refractivity contribution in [2.75, 3.05) is 26.7 Å². The molecule has 0 aromatic rings. The van der Waals surface area contributed by atoms with Crippen molar-refractivity contribution in [2.24, 2.45) is 11.8 Å². The zero-order valence-corrected chi connectivity index (χ0v) is 13.6. The van der Waals surface area contributed by atoms with Gasteiger partial charge in [0.05, 0.1) is 0 Å². The average Bonchev–Trinajstić information content (AvgIpc) is 2.30. The molecule has 2 heteroatoms. The van der Waals surface area contributed by atoms with E-state index in [1.807, 2.05) is 0 Å². The molecular weight excluding hydrogens is 220 g/mol. The fourth-order valence-electron chi connectivity index (χ4n) is 2.07. The van der Waals surface area contributed by atoms with Gasteiger partial charge in [0.1, 0.15) is 0 Å². The SMILES string of the molecule is CC(C)CNCCCCCCN(C)C(C)C(C)C. The predicted octanol–water partition coefficient (Wildman–Crippen LogP) is 3.77. The van der Waals surface area contributed by atoms with Crippen LogP contribution in [0.2, 0.25) is 0 Å². The van der Waals surface area contributed by atoms with E-state index in [9.17, 15) is 0 Å². The van der Waals surface area contributed by atoms with Gasteiger partial charge in [-0.05, 0) is 58.3 Å². The molecule has 0 spiro atoms. The van der Waals surface area contributed by atoms with Crippen LogP contribution in [0.5, 0.6) is 0 Å². The molecule has 0 fully saturated rings. The van der Waals surface area contributed by atoms with Gasteiger partial charge in [0.15, 0.2) is 0 Å². The van der Waals surface area contributed by atoms with E-state index in [0.29, 0.717) is 6.04 Å². The Bertz CT molecular complexity index is 178. The van der Waals surface area contributed by atoms with E-state index in [4.69, 9.17) is 0 Å². The lowest BCUT2D eigenvalue weighted by molar-refractivity contribution is 0.204. The summed E-state index contributed by atoms with van der Waals surface area (Å²) in [7, 11) is 2.26. The van der Waals surface area contributed by atoms with E-state index in [1.165, 1.54) is 38.8 Å². The molecule has 0 amide bonds. The Kier molecular flexibility index (Phi) is 10.8. The summed E-state index contributed by atoms with van der Waals surface area (Å²) in [6, 6.07) is 0.706. The Morgan fingerprint density at radius 2 is 1.50 bits per heavy atom. The lowest BCUT2D eigenvalue weighted by atomic mass is 10.0. The van der Waals surface area contributed by atoms with Crippen LogP contribution in [0.4, 0.5) is 0 Å². The first-order valence-corrected chi connectivity index (χ1v) is 7.86. The molecule has 0 aliphatic heterocycles.